The SMILES string of the molecule is O=C=Nc1c(Oc2ccccc2)cc(-c2cc(-c3cc(Oc4ccccc4)c(N=C=O)c(Oc4cccs4)c3)cc(-c3c4ccccc4c(-c4cc(-c5cc(Oc6ccccc6)c(N=C=O)c(Oc6cccs6)c5)cc(-c5cc(Oc6ccccc6)c(N=C=O)c(Oc6cccs6)c5)c4)c4ccccc34)c2)cc1Oc1cccs1. The average molecular weight is 1560 g/mol. The van der Waals surface area contributed by atoms with Crippen molar-refractivity contribution in [2.24, 2.45) is 20.0 Å². The van der Waals surface area contributed by atoms with Gasteiger partial charge in [0.1, 0.15) is 23.0 Å². The summed E-state index contributed by atoms with van der Waals surface area (Å²) in [7, 11) is 0. The third kappa shape index (κ3) is 15.7. The fourth-order valence-corrected chi connectivity index (χ4v) is 15.7. The van der Waals surface area contributed by atoms with E-state index in [1.807, 2.05) is 228 Å². The third-order valence-corrected chi connectivity index (χ3v) is 21.2. The van der Waals surface area contributed by atoms with Gasteiger partial charge in [0.15, 0.2) is 89.0 Å². The van der Waals surface area contributed by atoms with Crippen molar-refractivity contribution in [2.75, 3.05) is 0 Å². The number of nitrogens with zero attached hydrogens (tertiary/aromatic N) is 4. The normalized spacial score (nSPS) is 10.8. The molecule has 0 aliphatic heterocycles. The molecule has 20 heteroatoms. The molecule has 0 amide bonds. The van der Waals surface area contributed by atoms with Crippen LogP contribution in [0.4, 0.5) is 22.7 Å². The van der Waals surface area contributed by atoms with E-state index in [4.69, 9.17) is 37.9 Å². The van der Waals surface area contributed by atoms with Gasteiger partial charge in [-0.25, -0.2) is 19.2 Å². The third-order valence-electron chi connectivity index (χ3n) is 18.2. The second kappa shape index (κ2) is 33.1. The number of rotatable bonds is 26. The van der Waals surface area contributed by atoms with Crippen LogP contribution < -0.4 is 37.9 Å². The Morgan fingerprint density at radius 2 is 0.395 bits per heavy atom. The number of aliphatic imine (C=N–C) groups is 4. The van der Waals surface area contributed by atoms with Gasteiger partial charge in [-0.1, -0.05) is 121 Å². The lowest BCUT2D eigenvalue weighted by Gasteiger charge is -2.21. The predicted molar refractivity (Wildman–Crippen MR) is 449 cm³/mol. The van der Waals surface area contributed by atoms with Crippen LogP contribution in [0.2, 0.25) is 0 Å². The Morgan fingerprint density at radius 1 is 0.202 bits per heavy atom. The summed E-state index contributed by atoms with van der Waals surface area (Å²) in [6.07, 6.45) is 6.98. The Balaban J connectivity index is 0.943. The topological polar surface area (TPSA) is 192 Å². The second-order valence-electron chi connectivity index (χ2n) is 25.3. The van der Waals surface area contributed by atoms with Gasteiger partial charge in [0, 0.05) is 0 Å². The highest BCUT2D eigenvalue weighted by Gasteiger charge is 2.27. The van der Waals surface area contributed by atoms with Crippen molar-refractivity contribution in [3.63, 3.8) is 0 Å². The molecule has 546 valence electrons. The minimum atomic E-state index is 0.112. The van der Waals surface area contributed by atoms with Crippen molar-refractivity contribution in [3.05, 3.63) is 325 Å². The molecule has 4 aromatic heterocycles. The maximum atomic E-state index is 12.5. The van der Waals surface area contributed by atoms with Crippen molar-refractivity contribution in [3.8, 4) is 156 Å². The van der Waals surface area contributed by atoms with Gasteiger partial charge in [-0.15, -0.1) is 45.3 Å². The quantitative estimate of drug-likeness (QED) is 0.0283. The Hall–Kier alpha value is -14.9. The molecule has 0 saturated carbocycles. The van der Waals surface area contributed by atoms with Crippen molar-refractivity contribution < 1.29 is 57.1 Å². The first kappa shape index (κ1) is 72.0. The van der Waals surface area contributed by atoms with Gasteiger partial charge in [-0.3, -0.25) is 0 Å². The molecule has 0 fully saturated rings. The van der Waals surface area contributed by atoms with Crippen molar-refractivity contribution in [1.29, 1.82) is 0 Å². The van der Waals surface area contributed by atoms with Crippen LogP contribution in [0.1, 0.15) is 0 Å². The Labute approximate surface area is 667 Å². The van der Waals surface area contributed by atoms with E-state index in [-0.39, 0.29) is 68.7 Å². The number of ether oxygens (including phenoxy) is 8. The summed E-state index contributed by atoms with van der Waals surface area (Å²) in [6.45, 7) is 0. The highest BCUT2D eigenvalue weighted by Crippen LogP contribution is 2.55. The van der Waals surface area contributed by atoms with Gasteiger partial charge >= 0.3 is 0 Å². The first-order valence-corrected chi connectivity index (χ1v) is 38.9. The van der Waals surface area contributed by atoms with Gasteiger partial charge in [0.2, 0.25) is 24.3 Å². The smallest absolute Gasteiger partial charge is 0.240 e. The summed E-state index contributed by atoms with van der Waals surface area (Å²) in [6, 6.07) is 95.0. The molecular weight excluding hydrogens is 1510 g/mol. The summed E-state index contributed by atoms with van der Waals surface area (Å²) in [5, 5.41) is 13.1. The molecule has 17 rings (SSSR count). The van der Waals surface area contributed by atoms with Crippen LogP contribution >= 0.6 is 45.3 Å². The van der Waals surface area contributed by atoms with E-state index in [0.717, 1.165) is 43.8 Å². The van der Waals surface area contributed by atoms with Crippen molar-refractivity contribution >= 4 is 114 Å². The van der Waals surface area contributed by atoms with E-state index in [1.54, 1.807) is 72.9 Å². The van der Waals surface area contributed by atoms with Crippen molar-refractivity contribution in [2.45, 2.75) is 0 Å². The fraction of sp³-hybridized carbons (Fsp3) is 0. The monoisotopic (exact) mass is 1560 g/mol. The maximum Gasteiger partial charge on any atom is 0.240 e. The molecule has 0 N–H and O–H groups in total. The molecule has 0 atom stereocenters. The van der Waals surface area contributed by atoms with E-state index in [2.05, 4.69) is 68.5 Å². The lowest BCUT2D eigenvalue weighted by molar-refractivity contribution is 0.468. The number of para-hydroxylation sites is 4. The molecule has 0 unspecified atom stereocenters. The molecule has 0 radical (unpaired) electrons. The van der Waals surface area contributed by atoms with E-state index in [1.165, 1.54) is 45.3 Å². The molecule has 114 heavy (non-hydrogen) atoms. The summed E-state index contributed by atoms with van der Waals surface area (Å²) < 4.78 is 53.4. The maximum absolute atomic E-state index is 12.5. The number of benzene rings is 13. The molecule has 0 spiro atoms. The summed E-state index contributed by atoms with van der Waals surface area (Å²) in [5.74, 6) is 3.57. The van der Waals surface area contributed by atoms with E-state index >= 15 is 0 Å². The number of hydrogen-bond donors (Lipinski definition) is 0. The van der Waals surface area contributed by atoms with Gasteiger partial charge < -0.3 is 37.9 Å². The standard InChI is InChI=1S/C94H54N4O12S4/c99-55-95-91-77(103-69-21-5-1-6-22-69)47-63(51-81(91)107-85-33-17-37-111-85)59-41-60(64-48-78(104-70-23-7-2-8-24-70)92(96-56-100)82(52-64)108-86-34-18-38-112-86)44-67(43-59)89-73-29-13-15-31-75(73)90(76-32-16-14-30-74(76)89)68-45-61(65-49-79(105-71-25-9-3-10-26-71)93(97-57-101)83(53-65)109-87-35-19-39-113-87)42-62(46-68)66-50-80(106-72-27-11-4-12-28-72)94(98-58-102)84(54-66)110-88-36-20-40-114-88/h1-54H. The first-order chi connectivity index (χ1) is 56.3. The fourth-order valence-electron chi connectivity index (χ4n) is 13.4. The van der Waals surface area contributed by atoms with Crippen LogP contribution in [0.25, 0.3) is 88.3 Å². The van der Waals surface area contributed by atoms with Crippen LogP contribution in [0.3, 0.4) is 0 Å². The molecule has 0 bridgehead atoms. The number of carbonyl (C=O) groups excluding carboxylic acids is 4. The average Bonchev–Trinajstić information content (AvgIpc) is 1.26. The molecule has 16 nitrogen and oxygen atoms in total. The lowest BCUT2D eigenvalue weighted by Crippen LogP contribution is -1.95. The zero-order valence-electron chi connectivity index (χ0n) is 59.5. The van der Waals surface area contributed by atoms with Crippen LogP contribution in [-0.2, 0) is 19.2 Å². The Kier molecular flexibility index (Phi) is 20.9. The van der Waals surface area contributed by atoms with Crippen molar-refractivity contribution in [1.82, 2.24) is 0 Å². The minimum absolute atomic E-state index is 0.112. The van der Waals surface area contributed by atoms with Gasteiger partial charge in [0.25, 0.3) is 0 Å². The molecule has 0 aliphatic rings. The first-order valence-electron chi connectivity index (χ1n) is 35.3. The largest absolute Gasteiger partial charge is 0.455 e. The second-order valence-corrected chi connectivity index (χ2v) is 29.0. The highest BCUT2D eigenvalue weighted by molar-refractivity contribution is 7.12. The zero-order chi connectivity index (χ0) is 77.1. The van der Waals surface area contributed by atoms with Gasteiger partial charge in [0.05, 0.1) is 0 Å². The van der Waals surface area contributed by atoms with Crippen LogP contribution in [0, 0.1) is 0 Å². The zero-order valence-corrected chi connectivity index (χ0v) is 62.8. The molecule has 0 saturated heterocycles. The minimum Gasteiger partial charge on any atom is -0.455 e. The molecule has 13 aromatic carbocycles. The molecule has 17 aromatic rings. The number of thiophene rings is 4. The molecular formula is C94H54N4O12S4. The summed E-state index contributed by atoms with van der Waals surface area (Å²) in [4.78, 5) is 67.1. The van der Waals surface area contributed by atoms with Gasteiger partial charge in [-0.05, 0) is 292 Å². The predicted octanol–water partition coefficient (Wildman–Crippen LogP) is 28.4. The molecule has 4 heterocycles. The van der Waals surface area contributed by atoms with E-state index < -0.39 is 0 Å². The van der Waals surface area contributed by atoms with Gasteiger partial charge in [-0.2, -0.15) is 20.0 Å². The lowest BCUT2D eigenvalue weighted by atomic mass is 9.83. The van der Waals surface area contributed by atoms with E-state index in [0.29, 0.717) is 87.8 Å². The Morgan fingerprint density at radius 3 is 0.596 bits per heavy atom. The Bertz CT molecular complexity index is 5840. The number of hydrogen-bond acceptors (Lipinski definition) is 20. The number of isocyanates is 4. The highest BCUT2D eigenvalue weighted by atomic mass is 32.1. The molecule has 0 aliphatic carbocycles. The van der Waals surface area contributed by atoms with Crippen LogP contribution in [0.5, 0.6) is 89.2 Å². The number of fused-ring (bicyclic) bond motifs is 2. The van der Waals surface area contributed by atoms with E-state index in [9.17, 15) is 19.2 Å². The summed E-state index contributed by atoms with van der Waals surface area (Å²) in [5.41, 5.74) is 8.72. The van der Waals surface area contributed by atoms with Crippen LogP contribution in [0.15, 0.2) is 345 Å². The summed E-state index contributed by atoms with van der Waals surface area (Å²) >= 11 is 5.46. The van der Waals surface area contributed by atoms with Crippen LogP contribution in [-0.4, -0.2) is 24.3 Å².